The molecule has 0 atom stereocenters. The summed E-state index contributed by atoms with van der Waals surface area (Å²) in [4.78, 5) is 0. The number of hydrogen-bond donors (Lipinski definition) is 1. The van der Waals surface area contributed by atoms with Crippen LogP contribution in [0.1, 0.15) is 5.69 Å². The first kappa shape index (κ1) is 11.3. The molecule has 0 radical (unpaired) electrons. The molecule has 0 aromatic carbocycles. The maximum Gasteiger partial charge on any atom is 0.233 e. The molecular weight excluding hydrogens is 246 g/mol. The molecule has 0 saturated carbocycles. The lowest BCUT2D eigenvalue weighted by Gasteiger charge is -2.00. The molecule has 0 bridgehead atoms. The lowest BCUT2D eigenvalue weighted by Crippen LogP contribution is -2.04. The summed E-state index contributed by atoms with van der Waals surface area (Å²) in [6.07, 6.45) is 3.49. The first-order valence-electron chi connectivity index (χ1n) is 5.61. The van der Waals surface area contributed by atoms with Crippen molar-refractivity contribution in [3.63, 3.8) is 0 Å². The van der Waals surface area contributed by atoms with Gasteiger partial charge in [-0.3, -0.25) is 5.10 Å². The molecule has 0 amide bonds. The van der Waals surface area contributed by atoms with Gasteiger partial charge in [0.25, 0.3) is 0 Å². The van der Waals surface area contributed by atoms with Crippen LogP contribution in [0.25, 0.3) is 11.4 Å². The van der Waals surface area contributed by atoms with Crippen LogP contribution in [0.5, 0.6) is 5.88 Å². The molecule has 3 rings (SSSR count). The number of nitrogens with one attached hydrogen (secondary N) is 1. The summed E-state index contributed by atoms with van der Waals surface area (Å²) < 4.78 is 6.64. The molecule has 96 valence electrons. The van der Waals surface area contributed by atoms with E-state index in [4.69, 9.17) is 4.74 Å². The monoisotopic (exact) mass is 257 g/mol. The maximum absolute atomic E-state index is 4.95. The predicted molar refractivity (Wildman–Crippen MR) is 65.3 cm³/mol. The molecule has 3 heterocycles. The molecule has 0 aliphatic carbocycles. The van der Waals surface area contributed by atoms with Gasteiger partial charge in [0.1, 0.15) is 5.69 Å². The van der Waals surface area contributed by atoms with E-state index >= 15 is 0 Å². The number of aromatic amines is 1. The highest BCUT2D eigenvalue weighted by Gasteiger charge is 2.06. The van der Waals surface area contributed by atoms with Gasteiger partial charge in [0.15, 0.2) is 0 Å². The second kappa shape index (κ2) is 4.84. The summed E-state index contributed by atoms with van der Waals surface area (Å²) in [5.41, 5.74) is 2.34. The Morgan fingerprint density at radius 2 is 2.16 bits per heavy atom. The van der Waals surface area contributed by atoms with Crippen molar-refractivity contribution in [3.05, 3.63) is 36.3 Å². The van der Waals surface area contributed by atoms with Crippen LogP contribution >= 0.6 is 0 Å². The minimum absolute atomic E-state index is 0.487. The number of methoxy groups -OCH3 is 1. The maximum atomic E-state index is 4.95. The molecule has 8 heteroatoms. The van der Waals surface area contributed by atoms with Gasteiger partial charge >= 0.3 is 0 Å². The molecule has 0 aliphatic heterocycles. The van der Waals surface area contributed by atoms with E-state index in [1.807, 2.05) is 18.3 Å². The largest absolute Gasteiger partial charge is 0.480 e. The van der Waals surface area contributed by atoms with Crippen LogP contribution in [-0.2, 0) is 6.54 Å². The van der Waals surface area contributed by atoms with E-state index in [0.29, 0.717) is 12.4 Å². The Bertz CT molecular complexity index is 644. The van der Waals surface area contributed by atoms with Crippen LogP contribution in [0.2, 0.25) is 0 Å². The fourth-order valence-electron chi connectivity index (χ4n) is 1.60. The Balaban J connectivity index is 1.76. The zero-order valence-electron chi connectivity index (χ0n) is 10.2. The third kappa shape index (κ3) is 2.41. The number of ether oxygens (including phenoxy) is 1. The van der Waals surface area contributed by atoms with Crippen molar-refractivity contribution < 1.29 is 4.74 Å². The van der Waals surface area contributed by atoms with E-state index in [9.17, 15) is 0 Å². The van der Waals surface area contributed by atoms with Crippen LogP contribution < -0.4 is 4.74 Å². The van der Waals surface area contributed by atoms with E-state index in [0.717, 1.165) is 17.1 Å². The number of aromatic nitrogens is 7. The van der Waals surface area contributed by atoms with E-state index < -0.39 is 0 Å². The fourth-order valence-corrected chi connectivity index (χ4v) is 1.60. The standard InChI is InChI=1S/C11H11N7O/c1-19-11-3-2-8(13-16-11)6-18-7-10(15-17-18)9-4-5-12-14-9/h2-5,7H,6H2,1H3,(H,12,14). The third-order valence-electron chi connectivity index (χ3n) is 2.54. The lowest BCUT2D eigenvalue weighted by molar-refractivity contribution is 0.390. The van der Waals surface area contributed by atoms with Gasteiger partial charge in [-0.05, 0) is 12.1 Å². The van der Waals surface area contributed by atoms with Crippen molar-refractivity contribution in [2.24, 2.45) is 0 Å². The van der Waals surface area contributed by atoms with Gasteiger partial charge < -0.3 is 4.74 Å². The van der Waals surface area contributed by atoms with Crippen LogP contribution in [0.3, 0.4) is 0 Å². The van der Waals surface area contributed by atoms with Crippen LogP contribution in [0.4, 0.5) is 0 Å². The Kier molecular flexibility index (Phi) is 2.89. The Morgan fingerprint density at radius 1 is 1.21 bits per heavy atom. The topological polar surface area (TPSA) is 94.4 Å². The average Bonchev–Trinajstić information content (AvgIpc) is 3.10. The van der Waals surface area contributed by atoms with Crippen molar-refractivity contribution in [1.82, 2.24) is 35.4 Å². The van der Waals surface area contributed by atoms with Gasteiger partial charge in [0, 0.05) is 12.3 Å². The zero-order valence-corrected chi connectivity index (χ0v) is 10.2. The smallest absolute Gasteiger partial charge is 0.233 e. The summed E-state index contributed by atoms with van der Waals surface area (Å²) in [5, 5.41) is 22.7. The van der Waals surface area contributed by atoms with Crippen LogP contribution in [0.15, 0.2) is 30.6 Å². The highest BCUT2D eigenvalue weighted by molar-refractivity contribution is 5.50. The SMILES string of the molecule is COc1ccc(Cn2cc(-c3ccn[nH]3)nn2)nn1. The van der Waals surface area contributed by atoms with Crippen molar-refractivity contribution in [3.8, 4) is 17.3 Å². The summed E-state index contributed by atoms with van der Waals surface area (Å²) >= 11 is 0. The molecule has 3 aromatic rings. The Hall–Kier alpha value is -2.77. The van der Waals surface area contributed by atoms with Crippen molar-refractivity contribution >= 4 is 0 Å². The first-order valence-corrected chi connectivity index (χ1v) is 5.61. The minimum Gasteiger partial charge on any atom is -0.480 e. The molecule has 0 spiro atoms. The molecule has 19 heavy (non-hydrogen) atoms. The van der Waals surface area contributed by atoms with Gasteiger partial charge in [-0.2, -0.15) is 5.10 Å². The minimum atomic E-state index is 0.487. The molecule has 1 N–H and O–H groups in total. The molecule has 3 aromatic heterocycles. The van der Waals surface area contributed by atoms with E-state index in [2.05, 4.69) is 30.7 Å². The van der Waals surface area contributed by atoms with E-state index in [1.54, 1.807) is 24.1 Å². The lowest BCUT2D eigenvalue weighted by atomic mass is 10.3. The quantitative estimate of drug-likeness (QED) is 0.732. The van der Waals surface area contributed by atoms with Gasteiger partial charge in [-0.1, -0.05) is 5.21 Å². The first-order chi connectivity index (χ1) is 9.35. The second-order valence-corrected chi connectivity index (χ2v) is 3.84. The predicted octanol–water partition coefficient (Wildman–Crippen LogP) is 0.515. The highest BCUT2D eigenvalue weighted by Crippen LogP contribution is 2.12. The fraction of sp³-hybridized carbons (Fsp3) is 0.182. The molecule has 0 unspecified atom stereocenters. The number of nitrogens with zero attached hydrogens (tertiary/aromatic N) is 6. The Labute approximate surface area is 108 Å². The number of rotatable bonds is 4. The van der Waals surface area contributed by atoms with Gasteiger partial charge in [-0.25, -0.2) is 4.68 Å². The van der Waals surface area contributed by atoms with Crippen molar-refractivity contribution in [2.75, 3.05) is 7.11 Å². The summed E-state index contributed by atoms with van der Waals surface area (Å²) in [5.74, 6) is 0.487. The normalized spacial score (nSPS) is 10.6. The summed E-state index contributed by atoms with van der Waals surface area (Å²) in [7, 11) is 1.55. The molecule has 0 fully saturated rings. The van der Waals surface area contributed by atoms with Crippen molar-refractivity contribution in [2.45, 2.75) is 6.54 Å². The average molecular weight is 257 g/mol. The van der Waals surface area contributed by atoms with E-state index in [1.165, 1.54) is 0 Å². The van der Waals surface area contributed by atoms with Gasteiger partial charge in [-0.15, -0.1) is 15.3 Å². The number of hydrogen-bond acceptors (Lipinski definition) is 6. The van der Waals surface area contributed by atoms with Crippen LogP contribution in [0, 0.1) is 0 Å². The van der Waals surface area contributed by atoms with Crippen LogP contribution in [-0.4, -0.2) is 42.5 Å². The highest BCUT2D eigenvalue weighted by atomic mass is 16.5. The van der Waals surface area contributed by atoms with Crippen molar-refractivity contribution in [1.29, 1.82) is 0 Å². The van der Waals surface area contributed by atoms with Gasteiger partial charge in [0.05, 0.1) is 31.2 Å². The summed E-state index contributed by atoms with van der Waals surface area (Å²) in [6, 6.07) is 5.43. The molecule has 0 saturated heterocycles. The van der Waals surface area contributed by atoms with E-state index in [-0.39, 0.29) is 0 Å². The third-order valence-corrected chi connectivity index (χ3v) is 2.54. The molecular formula is C11H11N7O. The second-order valence-electron chi connectivity index (χ2n) is 3.84. The zero-order chi connectivity index (χ0) is 13.1. The summed E-state index contributed by atoms with van der Waals surface area (Å²) in [6.45, 7) is 0.498. The molecule has 0 aliphatic rings. The number of H-pyrrole nitrogens is 1. The Morgan fingerprint density at radius 3 is 2.84 bits per heavy atom. The van der Waals surface area contributed by atoms with Gasteiger partial charge in [0.2, 0.25) is 5.88 Å². The molecule has 8 nitrogen and oxygen atoms in total.